The molecule has 0 aromatic carbocycles. The lowest BCUT2D eigenvalue weighted by Crippen LogP contribution is -2.30. The van der Waals surface area contributed by atoms with E-state index < -0.39 is 0 Å². The summed E-state index contributed by atoms with van der Waals surface area (Å²) in [6.07, 6.45) is 3.42. The van der Waals surface area contributed by atoms with Gasteiger partial charge in [-0.15, -0.1) is 0 Å². The van der Waals surface area contributed by atoms with Crippen molar-refractivity contribution in [1.82, 2.24) is 4.90 Å². The molecule has 1 aliphatic rings. The van der Waals surface area contributed by atoms with Crippen molar-refractivity contribution in [3.05, 3.63) is 12.2 Å². The van der Waals surface area contributed by atoms with Crippen LogP contribution in [0.3, 0.4) is 0 Å². The van der Waals surface area contributed by atoms with E-state index in [-0.39, 0.29) is 11.8 Å². The van der Waals surface area contributed by atoms with Gasteiger partial charge in [0.25, 0.3) is 11.8 Å². The van der Waals surface area contributed by atoms with Crippen LogP contribution in [0.5, 0.6) is 0 Å². The van der Waals surface area contributed by atoms with E-state index in [4.69, 9.17) is 4.43 Å². The maximum atomic E-state index is 11.0. The van der Waals surface area contributed by atoms with Crippen LogP contribution in [-0.4, -0.2) is 40.1 Å². The topological polar surface area (TPSA) is 46.6 Å². The van der Waals surface area contributed by atoms with Crippen LogP contribution < -0.4 is 0 Å². The fourth-order valence-corrected chi connectivity index (χ4v) is 1.57. The summed E-state index contributed by atoms with van der Waals surface area (Å²) in [6.45, 7) is 0.501. The Bertz CT molecular complexity index is 222. The Morgan fingerprint density at radius 2 is 2.00 bits per heavy atom. The third kappa shape index (κ3) is 2.78. The molecule has 0 fully saturated rings. The molecule has 0 spiro atoms. The van der Waals surface area contributed by atoms with E-state index in [1.807, 2.05) is 0 Å². The SMILES string of the molecule is CO[Si]CCCN1C(=O)C=CC1=O. The molecule has 0 bridgehead atoms. The van der Waals surface area contributed by atoms with Crippen molar-refractivity contribution in [2.45, 2.75) is 12.5 Å². The van der Waals surface area contributed by atoms with E-state index in [2.05, 4.69) is 0 Å². The van der Waals surface area contributed by atoms with Gasteiger partial charge in [-0.25, -0.2) is 0 Å². The minimum absolute atomic E-state index is 0.203. The van der Waals surface area contributed by atoms with Crippen molar-refractivity contribution >= 4 is 21.6 Å². The number of hydrogen-bond donors (Lipinski definition) is 0. The molecule has 70 valence electrons. The largest absolute Gasteiger partial charge is 0.421 e. The zero-order valence-electron chi connectivity index (χ0n) is 7.45. The summed E-state index contributed by atoms with van der Waals surface area (Å²) in [7, 11) is 2.10. The Labute approximate surface area is 79.5 Å². The molecular formula is C8H11NO3Si. The van der Waals surface area contributed by atoms with E-state index in [1.165, 1.54) is 17.1 Å². The van der Waals surface area contributed by atoms with Crippen molar-refractivity contribution < 1.29 is 14.0 Å². The molecule has 1 aliphatic heterocycles. The number of imide groups is 1. The average molecular weight is 197 g/mol. The standard InChI is InChI=1S/C8H11NO3Si/c1-12-13-6-2-5-9-7(10)3-4-8(9)11/h3-4H,2,5-6H2,1H3. The lowest BCUT2D eigenvalue weighted by Gasteiger charge is -2.12. The molecule has 0 atom stereocenters. The van der Waals surface area contributed by atoms with E-state index in [1.54, 1.807) is 7.11 Å². The summed E-state index contributed by atoms with van der Waals surface area (Å²) >= 11 is 0. The molecule has 0 aromatic rings. The molecule has 2 radical (unpaired) electrons. The molecule has 0 saturated heterocycles. The molecule has 0 saturated carbocycles. The summed E-state index contributed by atoms with van der Waals surface area (Å²) in [5.74, 6) is -0.406. The summed E-state index contributed by atoms with van der Waals surface area (Å²) in [5, 5.41) is 0. The summed E-state index contributed by atoms with van der Waals surface area (Å²) in [4.78, 5) is 23.3. The number of carbonyl (C=O) groups excluding carboxylic acids is 2. The summed E-state index contributed by atoms with van der Waals surface area (Å²) in [6, 6.07) is 0.896. The van der Waals surface area contributed by atoms with Crippen molar-refractivity contribution in [3.63, 3.8) is 0 Å². The fraction of sp³-hybridized carbons (Fsp3) is 0.500. The Kier molecular flexibility index (Phi) is 3.85. The molecule has 2 amide bonds. The second-order valence-electron chi connectivity index (χ2n) is 2.61. The van der Waals surface area contributed by atoms with Crippen LogP contribution in [-0.2, 0) is 14.0 Å². The zero-order valence-corrected chi connectivity index (χ0v) is 8.45. The predicted molar refractivity (Wildman–Crippen MR) is 48.0 cm³/mol. The Hall–Kier alpha value is -0.943. The van der Waals surface area contributed by atoms with Gasteiger partial charge < -0.3 is 4.43 Å². The molecule has 1 rings (SSSR count). The third-order valence-corrected chi connectivity index (χ3v) is 2.55. The van der Waals surface area contributed by atoms with Crippen LogP contribution in [0.15, 0.2) is 12.2 Å². The maximum Gasteiger partial charge on any atom is 0.253 e. The van der Waals surface area contributed by atoms with Gasteiger partial charge in [-0.2, -0.15) is 0 Å². The molecule has 0 unspecified atom stereocenters. The number of carbonyl (C=O) groups is 2. The second kappa shape index (κ2) is 4.93. The highest BCUT2D eigenvalue weighted by molar-refractivity contribution is 6.26. The highest BCUT2D eigenvalue weighted by atomic mass is 28.2. The minimum atomic E-state index is -0.203. The van der Waals surface area contributed by atoms with Gasteiger partial charge in [0.2, 0.25) is 9.76 Å². The van der Waals surface area contributed by atoms with Gasteiger partial charge in [0.05, 0.1) is 0 Å². The van der Waals surface area contributed by atoms with Crippen molar-refractivity contribution in [2.75, 3.05) is 13.7 Å². The highest BCUT2D eigenvalue weighted by Crippen LogP contribution is 2.05. The molecular weight excluding hydrogens is 186 g/mol. The first kappa shape index (κ1) is 10.1. The third-order valence-electron chi connectivity index (χ3n) is 1.71. The van der Waals surface area contributed by atoms with Crippen LogP contribution in [0.2, 0.25) is 6.04 Å². The molecule has 13 heavy (non-hydrogen) atoms. The van der Waals surface area contributed by atoms with E-state index in [9.17, 15) is 9.59 Å². The normalized spacial score (nSPS) is 15.9. The smallest absolute Gasteiger partial charge is 0.253 e. The van der Waals surface area contributed by atoms with Crippen LogP contribution in [0.25, 0.3) is 0 Å². The Morgan fingerprint density at radius 3 is 2.54 bits per heavy atom. The summed E-state index contributed by atoms with van der Waals surface area (Å²) < 4.78 is 4.88. The first-order valence-corrected chi connectivity index (χ1v) is 5.16. The van der Waals surface area contributed by atoms with Gasteiger partial charge in [0.15, 0.2) is 0 Å². The number of amides is 2. The van der Waals surface area contributed by atoms with Gasteiger partial charge in [0, 0.05) is 25.8 Å². The van der Waals surface area contributed by atoms with Gasteiger partial charge in [0.1, 0.15) is 0 Å². The molecule has 0 aliphatic carbocycles. The first-order valence-electron chi connectivity index (χ1n) is 4.05. The molecule has 0 N–H and O–H groups in total. The van der Waals surface area contributed by atoms with E-state index in [0.29, 0.717) is 16.3 Å². The quantitative estimate of drug-likeness (QED) is 0.354. The first-order chi connectivity index (χ1) is 6.25. The van der Waals surface area contributed by atoms with Crippen molar-refractivity contribution in [3.8, 4) is 0 Å². The minimum Gasteiger partial charge on any atom is -0.421 e. The van der Waals surface area contributed by atoms with Gasteiger partial charge in [-0.05, 0) is 12.5 Å². The number of rotatable bonds is 5. The number of hydrogen-bond acceptors (Lipinski definition) is 3. The highest BCUT2D eigenvalue weighted by Gasteiger charge is 2.21. The second-order valence-corrected chi connectivity index (χ2v) is 3.81. The molecule has 5 heteroatoms. The van der Waals surface area contributed by atoms with Gasteiger partial charge in [-0.3, -0.25) is 14.5 Å². The van der Waals surface area contributed by atoms with Crippen molar-refractivity contribution in [2.24, 2.45) is 0 Å². The van der Waals surface area contributed by atoms with Gasteiger partial charge in [-0.1, -0.05) is 0 Å². The van der Waals surface area contributed by atoms with E-state index in [0.717, 1.165) is 12.5 Å². The van der Waals surface area contributed by atoms with Crippen LogP contribution >= 0.6 is 0 Å². The lowest BCUT2D eigenvalue weighted by molar-refractivity contribution is -0.136. The molecule has 0 aromatic heterocycles. The predicted octanol–water partition coefficient (Wildman–Crippen LogP) is -0.0146. The average Bonchev–Trinajstić information content (AvgIpc) is 2.42. The van der Waals surface area contributed by atoms with Crippen LogP contribution in [0.4, 0.5) is 0 Å². The molecule has 1 heterocycles. The number of nitrogens with zero attached hydrogens (tertiary/aromatic N) is 1. The zero-order chi connectivity index (χ0) is 9.68. The maximum absolute atomic E-state index is 11.0. The monoisotopic (exact) mass is 197 g/mol. The van der Waals surface area contributed by atoms with Gasteiger partial charge >= 0.3 is 0 Å². The van der Waals surface area contributed by atoms with Crippen LogP contribution in [0, 0.1) is 0 Å². The molecule has 4 nitrogen and oxygen atoms in total. The fourth-order valence-electron chi connectivity index (χ4n) is 1.06. The van der Waals surface area contributed by atoms with Crippen LogP contribution in [0.1, 0.15) is 6.42 Å². The lowest BCUT2D eigenvalue weighted by atomic mass is 10.4. The summed E-state index contributed by atoms with van der Waals surface area (Å²) in [5.41, 5.74) is 0. The van der Waals surface area contributed by atoms with E-state index >= 15 is 0 Å². The Balaban J connectivity index is 2.22. The Morgan fingerprint density at radius 1 is 1.38 bits per heavy atom. The van der Waals surface area contributed by atoms with Crippen molar-refractivity contribution in [1.29, 1.82) is 0 Å².